The van der Waals surface area contributed by atoms with Crippen LogP contribution < -0.4 is 10.1 Å². The molecule has 1 atom stereocenters. The minimum atomic E-state index is -0.581. The summed E-state index contributed by atoms with van der Waals surface area (Å²) in [6.07, 6.45) is 3.04. The molecule has 0 aliphatic heterocycles. The summed E-state index contributed by atoms with van der Waals surface area (Å²) in [6, 6.07) is 11.3. The number of hydrogen-bond donors (Lipinski definition) is 1. The molecule has 1 N–H and O–H groups in total. The first-order chi connectivity index (χ1) is 13.0. The van der Waals surface area contributed by atoms with Crippen molar-refractivity contribution in [1.82, 2.24) is 20.1 Å². The third-order valence-electron chi connectivity index (χ3n) is 4.06. The molecular formula is C18H17N5O4. The number of nitro groups is 1. The van der Waals surface area contributed by atoms with Crippen LogP contribution in [0.4, 0.5) is 5.69 Å². The SMILES string of the molecule is COc1ccc(C(=O)NC(C)c2ccc(-n3cncn3)cc2)cc1[N+](=O)[O-]. The van der Waals surface area contributed by atoms with Gasteiger partial charge in [-0.05, 0) is 36.8 Å². The van der Waals surface area contributed by atoms with Gasteiger partial charge in [0.2, 0.25) is 0 Å². The Kier molecular flexibility index (Phi) is 5.11. The quantitative estimate of drug-likeness (QED) is 0.529. The number of nitrogens with zero attached hydrogens (tertiary/aromatic N) is 4. The molecule has 2 aromatic carbocycles. The Morgan fingerprint density at radius 3 is 2.59 bits per heavy atom. The Morgan fingerprint density at radius 2 is 2.00 bits per heavy atom. The summed E-state index contributed by atoms with van der Waals surface area (Å²) in [6.45, 7) is 1.83. The Balaban J connectivity index is 1.74. The smallest absolute Gasteiger partial charge is 0.311 e. The van der Waals surface area contributed by atoms with E-state index in [4.69, 9.17) is 4.74 Å². The van der Waals surface area contributed by atoms with Crippen molar-refractivity contribution < 1.29 is 14.5 Å². The van der Waals surface area contributed by atoms with Gasteiger partial charge in [-0.3, -0.25) is 14.9 Å². The van der Waals surface area contributed by atoms with Gasteiger partial charge in [0.15, 0.2) is 5.75 Å². The number of carbonyl (C=O) groups excluding carboxylic acids is 1. The highest BCUT2D eigenvalue weighted by atomic mass is 16.6. The first-order valence-electron chi connectivity index (χ1n) is 8.08. The molecule has 0 aliphatic rings. The fourth-order valence-electron chi connectivity index (χ4n) is 2.59. The predicted octanol–water partition coefficient (Wildman–Crippen LogP) is 2.68. The van der Waals surface area contributed by atoms with Crippen molar-refractivity contribution in [3.63, 3.8) is 0 Å². The number of carbonyl (C=O) groups is 1. The zero-order valence-corrected chi connectivity index (χ0v) is 14.7. The van der Waals surface area contributed by atoms with Gasteiger partial charge in [-0.1, -0.05) is 12.1 Å². The monoisotopic (exact) mass is 367 g/mol. The average molecular weight is 367 g/mol. The summed E-state index contributed by atoms with van der Waals surface area (Å²) >= 11 is 0. The highest BCUT2D eigenvalue weighted by molar-refractivity contribution is 5.95. The van der Waals surface area contributed by atoms with Crippen LogP contribution in [0.1, 0.15) is 28.9 Å². The number of amides is 1. The lowest BCUT2D eigenvalue weighted by atomic mass is 10.1. The maximum Gasteiger partial charge on any atom is 0.311 e. The van der Waals surface area contributed by atoms with Crippen LogP contribution in [0.25, 0.3) is 5.69 Å². The highest BCUT2D eigenvalue weighted by Gasteiger charge is 2.19. The predicted molar refractivity (Wildman–Crippen MR) is 96.9 cm³/mol. The van der Waals surface area contributed by atoms with Crippen LogP contribution in [0.3, 0.4) is 0 Å². The van der Waals surface area contributed by atoms with E-state index in [1.807, 2.05) is 31.2 Å². The number of aromatic nitrogens is 3. The molecule has 27 heavy (non-hydrogen) atoms. The number of nitro benzene ring substituents is 1. The van der Waals surface area contributed by atoms with Gasteiger partial charge in [0.1, 0.15) is 12.7 Å². The third kappa shape index (κ3) is 3.92. The van der Waals surface area contributed by atoms with Crippen molar-refractivity contribution in [3.8, 4) is 11.4 Å². The molecule has 3 rings (SSSR count). The maximum absolute atomic E-state index is 12.5. The normalized spacial score (nSPS) is 11.6. The van der Waals surface area contributed by atoms with Gasteiger partial charge < -0.3 is 10.1 Å². The van der Waals surface area contributed by atoms with Gasteiger partial charge in [0.05, 0.1) is 23.8 Å². The zero-order valence-electron chi connectivity index (χ0n) is 14.7. The molecule has 3 aromatic rings. The van der Waals surface area contributed by atoms with E-state index in [1.54, 1.807) is 11.0 Å². The molecule has 0 saturated carbocycles. The molecule has 0 radical (unpaired) electrons. The summed E-state index contributed by atoms with van der Waals surface area (Å²) in [7, 11) is 1.34. The van der Waals surface area contributed by atoms with E-state index in [2.05, 4.69) is 15.4 Å². The fraction of sp³-hybridized carbons (Fsp3) is 0.167. The van der Waals surface area contributed by atoms with E-state index in [0.717, 1.165) is 11.3 Å². The molecule has 1 heterocycles. The molecule has 1 amide bonds. The highest BCUT2D eigenvalue weighted by Crippen LogP contribution is 2.27. The summed E-state index contributed by atoms with van der Waals surface area (Å²) in [5, 5.41) is 18.0. The molecule has 138 valence electrons. The lowest BCUT2D eigenvalue weighted by Gasteiger charge is -2.15. The number of benzene rings is 2. The molecule has 0 bridgehead atoms. The second-order valence-electron chi connectivity index (χ2n) is 5.77. The number of methoxy groups -OCH3 is 1. The second-order valence-corrected chi connectivity index (χ2v) is 5.77. The van der Waals surface area contributed by atoms with Crippen molar-refractivity contribution in [2.24, 2.45) is 0 Å². The van der Waals surface area contributed by atoms with Crippen LogP contribution in [0, 0.1) is 10.1 Å². The molecule has 0 spiro atoms. The molecule has 9 nitrogen and oxygen atoms in total. The van der Waals surface area contributed by atoms with Crippen molar-refractivity contribution in [3.05, 3.63) is 76.4 Å². The van der Waals surface area contributed by atoms with Crippen LogP contribution >= 0.6 is 0 Å². The van der Waals surface area contributed by atoms with E-state index in [1.165, 1.54) is 31.6 Å². The Hall–Kier alpha value is -3.75. The molecule has 0 fully saturated rings. The summed E-state index contributed by atoms with van der Waals surface area (Å²) in [4.78, 5) is 26.9. The van der Waals surface area contributed by atoms with Gasteiger partial charge in [0.25, 0.3) is 5.91 Å². The number of ether oxygens (including phenoxy) is 1. The zero-order chi connectivity index (χ0) is 19.4. The van der Waals surface area contributed by atoms with E-state index in [0.29, 0.717) is 0 Å². The van der Waals surface area contributed by atoms with E-state index < -0.39 is 10.8 Å². The molecule has 0 aliphatic carbocycles. The lowest BCUT2D eigenvalue weighted by Crippen LogP contribution is -2.26. The van der Waals surface area contributed by atoms with Gasteiger partial charge in [-0.2, -0.15) is 5.10 Å². The molecule has 1 unspecified atom stereocenters. The van der Waals surface area contributed by atoms with Crippen LogP contribution in [0.15, 0.2) is 55.1 Å². The van der Waals surface area contributed by atoms with Crippen LogP contribution in [0.2, 0.25) is 0 Å². The van der Waals surface area contributed by atoms with Gasteiger partial charge >= 0.3 is 5.69 Å². The molecule has 9 heteroatoms. The first-order valence-corrected chi connectivity index (χ1v) is 8.08. The third-order valence-corrected chi connectivity index (χ3v) is 4.06. The van der Waals surface area contributed by atoms with Crippen molar-refractivity contribution in [2.75, 3.05) is 7.11 Å². The fourth-order valence-corrected chi connectivity index (χ4v) is 2.59. The van der Waals surface area contributed by atoms with E-state index in [9.17, 15) is 14.9 Å². The van der Waals surface area contributed by atoms with Crippen LogP contribution in [-0.4, -0.2) is 32.7 Å². The van der Waals surface area contributed by atoms with Gasteiger partial charge in [-0.25, -0.2) is 9.67 Å². The minimum Gasteiger partial charge on any atom is -0.490 e. The minimum absolute atomic E-state index is 0.105. The lowest BCUT2D eigenvalue weighted by molar-refractivity contribution is -0.385. The standard InChI is InChI=1S/C18H17N5O4/c1-12(13-3-6-15(7-4-13)22-11-19-10-20-22)21-18(24)14-5-8-17(27-2)16(9-14)23(25)26/h3-12H,1-2H3,(H,21,24). The summed E-state index contributed by atoms with van der Waals surface area (Å²) < 4.78 is 6.58. The van der Waals surface area contributed by atoms with Crippen molar-refractivity contribution in [2.45, 2.75) is 13.0 Å². The molecule has 1 aromatic heterocycles. The van der Waals surface area contributed by atoms with Gasteiger partial charge in [-0.15, -0.1) is 0 Å². The Morgan fingerprint density at radius 1 is 1.26 bits per heavy atom. The second kappa shape index (κ2) is 7.65. The van der Waals surface area contributed by atoms with Crippen molar-refractivity contribution >= 4 is 11.6 Å². The largest absolute Gasteiger partial charge is 0.490 e. The maximum atomic E-state index is 12.5. The number of rotatable bonds is 6. The Labute approximate surface area is 154 Å². The summed E-state index contributed by atoms with van der Waals surface area (Å²) in [5.41, 5.74) is 1.67. The van der Waals surface area contributed by atoms with Crippen LogP contribution in [-0.2, 0) is 0 Å². The first kappa shape index (κ1) is 18.1. The topological polar surface area (TPSA) is 112 Å². The molecule has 0 saturated heterocycles. The Bertz CT molecular complexity index is 954. The summed E-state index contributed by atoms with van der Waals surface area (Å²) in [5.74, 6) is -0.304. The average Bonchev–Trinajstić information content (AvgIpc) is 3.22. The van der Waals surface area contributed by atoms with E-state index >= 15 is 0 Å². The van der Waals surface area contributed by atoms with Gasteiger partial charge in [0, 0.05) is 11.6 Å². The molecular weight excluding hydrogens is 350 g/mol. The van der Waals surface area contributed by atoms with Crippen molar-refractivity contribution in [1.29, 1.82) is 0 Å². The van der Waals surface area contributed by atoms with E-state index in [-0.39, 0.29) is 23.0 Å². The van der Waals surface area contributed by atoms with Crippen LogP contribution in [0.5, 0.6) is 5.75 Å². The number of nitrogens with one attached hydrogen (secondary N) is 1. The number of hydrogen-bond acceptors (Lipinski definition) is 6.